The summed E-state index contributed by atoms with van der Waals surface area (Å²) in [6.45, 7) is 6.08. The molecule has 0 atom stereocenters. The summed E-state index contributed by atoms with van der Waals surface area (Å²) in [5.41, 5.74) is 7.05. The summed E-state index contributed by atoms with van der Waals surface area (Å²) in [6, 6.07) is 7.54. The lowest BCUT2D eigenvalue weighted by atomic mass is 10.1. The maximum absolute atomic E-state index is 7.50. The first kappa shape index (κ1) is 14.6. The Bertz CT molecular complexity index is 347. The molecule has 0 saturated heterocycles. The fraction of sp³-hybridized carbons (Fsp3) is 0.333. The van der Waals surface area contributed by atoms with Crippen LogP contribution in [0.25, 0.3) is 0 Å². The van der Waals surface area contributed by atoms with Crippen LogP contribution in [0.2, 0.25) is 0 Å². The summed E-state index contributed by atoms with van der Waals surface area (Å²) in [5, 5.41) is 7.37. The van der Waals surface area contributed by atoms with Crippen LogP contribution >= 0.6 is 12.2 Å². The van der Waals surface area contributed by atoms with E-state index in [9.17, 15) is 0 Å². The molecule has 3 N–H and O–H groups in total. The van der Waals surface area contributed by atoms with Crippen molar-refractivity contribution in [2.45, 2.75) is 27.2 Å². The van der Waals surface area contributed by atoms with Gasteiger partial charge in [-0.05, 0) is 36.3 Å². The SMILES string of the molecule is CC.CCc1ccc(C(=N)OC(N)=S)cc1. The van der Waals surface area contributed by atoms with Gasteiger partial charge in [-0.25, -0.2) is 0 Å². The van der Waals surface area contributed by atoms with Crippen LogP contribution in [0.4, 0.5) is 0 Å². The molecule has 4 heteroatoms. The van der Waals surface area contributed by atoms with E-state index in [4.69, 9.17) is 15.9 Å². The molecule has 88 valence electrons. The molecule has 0 bridgehead atoms. The number of nitrogens with one attached hydrogen (secondary N) is 1. The number of hydrogen-bond donors (Lipinski definition) is 2. The first-order chi connectivity index (χ1) is 7.63. The third-order valence-corrected chi connectivity index (χ3v) is 1.91. The molecule has 0 radical (unpaired) electrons. The van der Waals surface area contributed by atoms with Crippen molar-refractivity contribution >= 4 is 23.3 Å². The van der Waals surface area contributed by atoms with Crippen molar-refractivity contribution in [2.24, 2.45) is 5.73 Å². The van der Waals surface area contributed by atoms with Gasteiger partial charge in [0.1, 0.15) is 0 Å². The van der Waals surface area contributed by atoms with Crippen LogP contribution in [0.1, 0.15) is 31.9 Å². The Hall–Kier alpha value is -1.42. The monoisotopic (exact) mass is 238 g/mol. The zero-order valence-corrected chi connectivity index (χ0v) is 10.7. The molecule has 0 aromatic heterocycles. The van der Waals surface area contributed by atoms with Gasteiger partial charge in [0, 0.05) is 5.56 Å². The molecule has 1 rings (SSSR count). The van der Waals surface area contributed by atoms with E-state index in [1.807, 2.05) is 38.1 Å². The van der Waals surface area contributed by atoms with Gasteiger partial charge in [-0.1, -0.05) is 32.9 Å². The molecule has 0 fully saturated rings. The van der Waals surface area contributed by atoms with E-state index in [0.29, 0.717) is 5.56 Å². The smallest absolute Gasteiger partial charge is 0.260 e. The van der Waals surface area contributed by atoms with Crippen LogP contribution in [0.3, 0.4) is 0 Å². The van der Waals surface area contributed by atoms with Gasteiger partial charge in [0.2, 0.25) is 5.90 Å². The first-order valence-electron chi connectivity index (χ1n) is 5.28. The number of aryl methyl sites for hydroxylation is 1. The van der Waals surface area contributed by atoms with E-state index in [2.05, 4.69) is 19.1 Å². The third kappa shape index (κ3) is 4.89. The van der Waals surface area contributed by atoms with Crippen LogP contribution in [0.5, 0.6) is 0 Å². The topological polar surface area (TPSA) is 59.1 Å². The number of benzene rings is 1. The van der Waals surface area contributed by atoms with E-state index in [1.165, 1.54) is 5.56 Å². The molecular formula is C12H18N2OS. The summed E-state index contributed by atoms with van der Waals surface area (Å²) in [6.07, 6.45) is 0.976. The van der Waals surface area contributed by atoms with Gasteiger partial charge in [0.05, 0.1) is 0 Å². The highest BCUT2D eigenvalue weighted by Gasteiger charge is 2.03. The Morgan fingerprint density at radius 3 is 2.19 bits per heavy atom. The Balaban J connectivity index is 0.00000106. The van der Waals surface area contributed by atoms with E-state index in [1.54, 1.807) is 0 Å². The first-order valence-corrected chi connectivity index (χ1v) is 5.69. The number of nitrogens with two attached hydrogens (primary N) is 1. The van der Waals surface area contributed by atoms with Gasteiger partial charge in [0.15, 0.2) is 0 Å². The fourth-order valence-corrected chi connectivity index (χ4v) is 1.13. The quantitative estimate of drug-likeness (QED) is 0.473. The Labute approximate surface area is 102 Å². The summed E-state index contributed by atoms with van der Waals surface area (Å²) in [4.78, 5) is 0. The summed E-state index contributed by atoms with van der Waals surface area (Å²) in [5.74, 6) is -0.0137. The maximum Gasteiger partial charge on any atom is 0.260 e. The van der Waals surface area contributed by atoms with Gasteiger partial charge < -0.3 is 10.5 Å². The van der Waals surface area contributed by atoms with Gasteiger partial charge >= 0.3 is 0 Å². The minimum atomic E-state index is -0.130. The lowest BCUT2D eigenvalue weighted by Gasteiger charge is -2.04. The minimum absolute atomic E-state index is 0.0137. The van der Waals surface area contributed by atoms with Crippen molar-refractivity contribution in [2.75, 3.05) is 0 Å². The number of hydrogen-bond acceptors (Lipinski definition) is 3. The summed E-state index contributed by atoms with van der Waals surface area (Å²) >= 11 is 4.54. The van der Waals surface area contributed by atoms with Crippen molar-refractivity contribution in [3.63, 3.8) is 0 Å². The number of rotatable bonds is 2. The fourth-order valence-electron chi connectivity index (χ4n) is 1.05. The predicted molar refractivity (Wildman–Crippen MR) is 71.9 cm³/mol. The van der Waals surface area contributed by atoms with E-state index in [0.717, 1.165) is 6.42 Å². The largest absolute Gasteiger partial charge is 0.413 e. The summed E-state index contributed by atoms with van der Waals surface area (Å²) in [7, 11) is 0. The van der Waals surface area contributed by atoms with Crippen molar-refractivity contribution < 1.29 is 4.74 Å². The molecular weight excluding hydrogens is 220 g/mol. The molecule has 0 heterocycles. The van der Waals surface area contributed by atoms with Crippen LogP contribution in [-0.2, 0) is 11.2 Å². The molecule has 0 aliphatic rings. The molecule has 0 unspecified atom stereocenters. The van der Waals surface area contributed by atoms with Gasteiger partial charge in [-0.2, -0.15) is 0 Å². The van der Waals surface area contributed by atoms with Crippen molar-refractivity contribution in [3.05, 3.63) is 35.4 Å². The molecule has 0 aliphatic carbocycles. The second-order valence-electron chi connectivity index (χ2n) is 2.80. The van der Waals surface area contributed by atoms with Crippen molar-refractivity contribution in [1.29, 1.82) is 5.41 Å². The Morgan fingerprint density at radius 2 is 1.81 bits per heavy atom. The average Bonchev–Trinajstić information content (AvgIpc) is 2.31. The maximum atomic E-state index is 7.50. The van der Waals surface area contributed by atoms with Crippen LogP contribution < -0.4 is 5.73 Å². The molecule has 0 amide bonds. The zero-order valence-electron chi connectivity index (χ0n) is 9.91. The van der Waals surface area contributed by atoms with Gasteiger partial charge in [-0.3, -0.25) is 5.41 Å². The predicted octanol–water partition coefficient (Wildman–Crippen LogP) is 2.86. The molecule has 0 spiro atoms. The second-order valence-corrected chi connectivity index (χ2v) is 3.20. The number of ether oxygens (including phenoxy) is 1. The minimum Gasteiger partial charge on any atom is -0.413 e. The van der Waals surface area contributed by atoms with E-state index in [-0.39, 0.29) is 11.1 Å². The average molecular weight is 238 g/mol. The third-order valence-electron chi connectivity index (χ3n) is 1.83. The molecule has 0 saturated carbocycles. The van der Waals surface area contributed by atoms with Crippen molar-refractivity contribution in [3.8, 4) is 0 Å². The molecule has 1 aromatic carbocycles. The highest BCUT2D eigenvalue weighted by molar-refractivity contribution is 7.80. The number of thiocarbonyl (C=S) groups is 1. The lowest BCUT2D eigenvalue weighted by Crippen LogP contribution is -2.18. The standard InChI is InChI=1S/C10H12N2OS.C2H6/c1-2-7-3-5-8(6-4-7)9(11)13-10(12)14;1-2/h3-6,11H,2H2,1H3,(H2,12,14);1-2H3. The molecule has 1 aromatic rings. The zero-order chi connectivity index (χ0) is 12.6. The molecule has 16 heavy (non-hydrogen) atoms. The Kier molecular flexibility index (Phi) is 7.12. The Morgan fingerprint density at radius 1 is 1.31 bits per heavy atom. The van der Waals surface area contributed by atoms with Crippen molar-refractivity contribution in [1.82, 2.24) is 0 Å². The highest BCUT2D eigenvalue weighted by atomic mass is 32.1. The van der Waals surface area contributed by atoms with E-state index < -0.39 is 0 Å². The van der Waals surface area contributed by atoms with E-state index >= 15 is 0 Å². The van der Waals surface area contributed by atoms with Gasteiger partial charge in [-0.15, -0.1) is 0 Å². The van der Waals surface area contributed by atoms with Crippen LogP contribution in [0, 0.1) is 5.41 Å². The second kappa shape index (κ2) is 7.82. The van der Waals surface area contributed by atoms with Crippen LogP contribution in [0.15, 0.2) is 24.3 Å². The summed E-state index contributed by atoms with van der Waals surface area (Å²) < 4.78 is 4.80. The molecule has 3 nitrogen and oxygen atoms in total. The van der Waals surface area contributed by atoms with Gasteiger partial charge in [0.25, 0.3) is 5.17 Å². The highest BCUT2D eigenvalue weighted by Crippen LogP contribution is 2.06. The normalized spacial score (nSPS) is 8.69. The lowest BCUT2D eigenvalue weighted by molar-refractivity contribution is 0.548. The molecule has 0 aliphatic heterocycles. The van der Waals surface area contributed by atoms with Crippen LogP contribution in [-0.4, -0.2) is 11.1 Å².